The third kappa shape index (κ3) is 2.76. The molecule has 0 spiro atoms. The predicted molar refractivity (Wildman–Crippen MR) is 58.5 cm³/mol. The maximum Gasteiger partial charge on any atom is 0.493 e. The van der Waals surface area contributed by atoms with Gasteiger partial charge in [0.25, 0.3) is 0 Å². The molecule has 4 heteroatoms. The average molecular weight is 196 g/mol. The van der Waals surface area contributed by atoms with E-state index in [-0.39, 0.29) is 7.12 Å². The predicted octanol–water partition coefficient (Wildman–Crippen LogP) is 1.10. The first-order valence-electron chi connectivity index (χ1n) is 4.07. The van der Waals surface area contributed by atoms with E-state index < -0.39 is 0 Å². The molecule has 2 nitrogen and oxygen atoms in total. The first-order valence-corrected chi connectivity index (χ1v) is 4.70. The van der Waals surface area contributed by atoms with E-state index in [2.05, 4.69) is 12.6 Å². The van der Waals surface area contributed by atoms with E-state index >= 15 is 0 Å². The number of thiol groups is 1. The van der Waals surface area contributed by atoms with Gasteiger partial charge in [-0.25, -0.2) is 0 Å². The fourth-order valence-electron chi connectivity index (χ4n) is 1.15. The summed E-state index contributed by atoms with van der Waals surface area (Å²) in [6, 6.07) is 8.02. The molecular formula is C9H13BO2S. The van der Waals surface area contributed by atoms with Gasteiger partial charge in [-0.1, -0.05) is 24.3 Å². The smallest absolute Gasteiger partial charge is 0.410 e. The second-order valence-electron chi connectivity index (χ2n) is 2.70. The van der Waals surface area contributed by atoms with Gasteiger partial charge in [0.05, 0.1) is 0 Å². The molecule has 0 aliphatic rings. The van der Waals surface area contributed by atoms with E-state index in [0.29, 0.717) is 0 Å². The van der Waals surface area contributed by atoms with Gasteiger partial charge in [0, 0.05) is 20.0 Å². The lowest BCUT2D eigenvalue weighted by Crippen LogP contribution is -2.34. The topological polar surface area (TPSA) is 18.5 Å². The van der Waals surface area contributed by atoms with Crippen molar-refractivity contribution < 1.29 is 9.31 Å². The Balaban J connectivity index is 2.78. The number of hydrogen-bond donors (Lipinski definition) is 1. The Morgan fingerprint density at radius 1 is 1.15 bits per heavy atom. The highest BCUT2D eigenvalue weighted by Crippen LogP contribution is 2.01. The van der Waals surface area contributed by atoms with E-state index in [4.69, 9.17) is 9.31 Å². The summed E-state index contributed by atoms with van der Waals surface area (Å²) in [6.45, 7) is 0. The van der Waals surface area contributed by atoms with Crippen LogP contribution >= 0.6 is 12.6 Å². The standard InChI is InChI=1S/C9H13BO2S/c1-11-10(12-2)9-5-3-8(7-13)4-6-9/h3-6,13H,7H2,1-2H3. The van der Waals surface area contributed by atoms with Gasteiger partial charge in [0.1, 0.15) is 0 Å². The average Bonchev–Trinajstić information content (AvgIpc) is 2.21. The third-order valence-corrected chi connectivity index (χ3v) is 2.23. The van der Waals surface area contributed by atoms with Crippen LogP contribution in [0.4, 0.5) is 0 Å². The summed E-state index contributed by atoms with van der Waals surface area (Å²) in [5.74, 6) is 0.755. The third-order valence-electron chi connectivity index (χ3n) is 1.86. The van der Waals surface area contributed by atoms with Crippen LogP contribution in [0.25, 0.3) is 0 Å². The minimum absolute atomic E-state index is 0.269. The first kappa shape index (κ1) is 10.6. The Morgan fingerprint density at radius 2 is 1.69 bits per heavy atom. The van der Waals surface area contributed by atoms with Crippen molar-refractivity contribution in [2.45, 2.75) is 5.75 Å². The largest absolute Gasteiger partial charge is 0.493 e. The lowest BCUT2D eigenvalue weighted by atomic mass is 9.79. The zero-order valence-corrected chi connectivity index (χ0v) is 8.75. The highest BCUT2D eigenvalue weighted by molar-refractivity contribution is 7.79. The molecule has 13 heavy (non-hydrogen) atoms. The molecule has 0 fully saturated rings. The van der Waals surface area contributed by atoms with Gasteiger partial charge in [-0.2, -0.15) is 12.6 Å². The van der Waals surface area contributed by atoms with Crippen LogP contribution in [0.2, 0.25) is 0 Å². The number of benzene rings is 1. The van der Waals surface area contributed by atoms with Crippen molar-refractivity contribution in [3.8, 4) is 0 Å². The Hall–Kier alpha value is -0.445. The maximum absolute atomic E-state index is 5.12. The van der Waals surface area contributed by atoms with Crippen LogP contribution in [0.1, 0.15) is 5.56 Å². The van der Waals surface area contributed by atoms with Crippen LogP contribution < -0.4 is 5.46 Å². The van der Waals surface area contributed by atoms with Crippen molar-refractivity contribution >= 4 is 25.2 Å². The lowest BCUT2D eigenvalue weighted by molar-refractivity contribution is 0.292. The summed E-state index contributed by atoms with van der Waals surface area (Å²) in [5.41, 5.74) is 2.22. The van der Waals surface area contributed by atoms with Gasteiger partial charge < -0.3 is 9.31 Å². The highest BCUT2D eigenvalue weighted by atomic mass is 32.1. The molecule has 0 saturated heterocycles. The van der Waals surface area contributed by atoms with E-state index in [9.17, 15) is 0 Å². The van der Waals surface area contributed by atoms with Crippen LogP contribution in [0.15, 0.2) is 24.3 Å². The molecule has 0 aromatic heterocycles. The van der Waals surface area contributed by atoms with E-state index in [0.717, 1.165) is 11.2 Å². The van der Waals surface area contributed by atoms with Gasteiger partial charge in [0.2, 0.25) is 0 Å². The molecule has 70 valence electrons. The Labute approximate surface area is 84.8 Å². The molecule has 0 unspecified atom stereocenters. The molecule has 0 saturated carbocycles. The maximum atomic E-state index is 5.12. The molecule has 0 aliphatic carbocycles. The molecule has 0 bridgehead atoms. The quantitative estimate of drug-likeness (QED) is 0.574. The summed E-state index contributed by atoms with van der Waals surface area (Å²) in [6.07, 6.45) is 0. The van der Waals surface area contributed by atoms with E-state index in [1.165, 1.54) is 5.56 Å². The van der Waals surface area contributed by atoms with Gasteiger partial charge in [-0.05, 0) is 11.0 Å². The SMILES string of the molecule is COB(OC)c1ccc(CS)cc1. The molecule has 0 N–H and O–H groups in total. The van der Waals surface area contributed by atoms with Crippen LogP contribution in [0.5, 0.6) is 0 Å². The molecule has 1 aromatic rings. The molecule has 0 atom stereocenters. The second kappa shape index (κ2) is 5.32. The van der Waals surface area contributed by atoms with Crippen molar-refractivity contribution in [3.05, 3.63) is 29.8 Å². The summed E-state index contributed by atoms with van der Waals surface area (Å²) >= 11 is 4.18. The van der Waals surface area contributed by atoms with E-state index in [1.54, 1.807) is 14.2 Å². The van der Waals surface area contributed by atoms with E-state index in [1.807, 2.05) is 24.3 Å². The van der Waals surface area contributed by atoms with Gasteiger partial charge in [-0.3, -0.25) is 0 Å². The summed E-state index contributed by atoms with van der Waals surface area (Å²) in [5, 5.41) is 0. The van der Waals surface area contributed by atoms with Gasteiger partial charge in [-0.15, -0.1) is 0 Å². The van der Waals surface area contributed by atoms with Crippen LogP contribution in [-0.4, -0.2) is 21.3 Å². The molecule has 0 radical (unpaired) electrons. The molecule has 1 rings (SSSR count). The fraction of sp³-hybridized carbons (Fsp3) is 0.333. The molecular weight excluding hydrogens is 183 g/mol. The summed E-state index contributed by atoms with van der Waals surface area (Å²) < 4.78 is 10.2. The van der Waals surface area contributed by atoms with Crippen LogP contribution in [0.3, 0.4) is 0 Å². The summed E-state index contributed by atoms with van der Waals surface area (Å²) in [7, 11) is 2.98. The molecule has 0 amide bonds. The van der Waals surface area contributed by atoms with Crippen molar-refractivity contribution in [2.75, 3.05) is 14.2 Å². The Morgan fingerprint density at radius 3 is 2.08 bits per heavy atom. The normalized spacial score (nSPS) is 10.1. The summed E-state index contributed by atoms with van der Waals surface area (Å²) in [4.78, 5) is 0. The van der Waals surface area contributed by atoms with Crippen molar-refractivity contribution in [1.82, 2.24) is 0 Å². The number of rotatable bonds is 4. The zero-order chi connectivity index (χ0) is 9.68. The minimum Gasteiger partial charge on any atom is -0.410 e. The molecule has 0 aliphatic heterocycles. The lowest BCUT2D eigenvalue weighted by Gasteiger charge is -2.08. The Kier molecular flexibility index (Phi) is 4.35. The van der Waals surface area contributed by atoms with Crippen LogP contribution in [-0.2, 0) is 15.1 Å². The van der Waals surface area contributed by atoms with Crippen molar-refractivity contribution in [1.29, 1.82) is 0 Å². The van der Waals surface area contributed by atoms with Gasteiger partial charge in [0.15, 0.2) is 0 Å². The van der Waals surface area contributed by atoms with Gasteiger partial charge >= 0.3 is 7.12 Å². The molecule has 1 aromatic carbocycles. The minimum atomic E-state index is -0.269. The Bertz CT molecular complexity index is 246. The van der Waals surface area contributed by atoms with Crippen molar-refractivity contribution in [3.63, 3.8) is 0 Å². The fourth-order valence-corrected chi connectivity index (χ4v) is 1.36. The number of hydrogen-bond acceptors (Lipinski definition) is 3. The molecule has 0 heterocycles. The zero-order valence-electron chi connectivity index (χ0n) is 7.86. The monoisotopic (exact) mass is 196 g/mol. The highest BCUT2D eigenvalue weighted by Gasteiger charge is 2.16. The van der Waals surface area contributed by atoms with Crippen molar-refractivity contribution in [2.24, 2.45) is 0 Å². The first-order chi connectivity index (χ1) is 6.31. The second-order valence-corrected chi connectivity index (χ2v) is 3.02. The van der Waals surface area contributed by atoms with Crippen LogP contribution in [0, 0.1) is 0 Å².